The maximum absolute atomic E-state index is 6.95. The van der Waals surface area contributed by atoms with Crippen molar-refractivity contribution in [3.05, 3.63) is 119 Å². The zero-order chi connectivity index (χ0) is 24.2. The summed E-state index contributed by atoms with van der Waals surface area (Å²) in [5, 5.41) is 2.18. The number of nitrogens with zero attached hydrogens (tertiary/aromatic N) is 2. The van der Waals surface area contributed by atoms with E-state index < -0.39 is 0 Å². The summed E-state index contributed by atoms with van der Waals surface area (Å²) in [4.78, 5) is 2.48. The minimum absolute atomic E-state index is 0.405. The number of fused-ring (bicyclic) bond motifs is 2. The van der Waals surface area contributed by atoms with Crippen LogP contribution in [0.4, 0.5) is 0 Å². The molecule has 5 rings (SSSR count). The van der Waals surface area contributed by atoms with Crippen molar-refractivity contribution in [1.82, 2.24) is 4.90 Å². The smallest absolute Gasteiger partial charge is 0.212 e. The van der Waals surface area contributed by atoms with E-state index in [9.17, 15) is 0 Å². The highest BCUT2D eigenvalue weighted by molar-refractivity contribution is 6.32. The number of allylic oxidation sites excluding steroid dienone is 9. The number of hydrogen-bond acceptors (Lipinski definition) is 1. The Morgan fingerprint density at radius 3 is 2.69 bits per heavy atom. The van der Waals surface area contributed by atoms with E-state index >= 15 is 0 Å². The second kappa shape index (κ2) is 10.7. The molecule has 1 aliphatic heterocycles. The average molecular weight is 482 g/mol. The Hall–Kier alpha value is -3.10. The molecule has 0 amide bonds. The number of benzene rings is 1. The maximum Gasteiger partial charge on any atom is 0.212 e. The van der Waals surface area contributed by atoms with Crippen LogP contribution in [-0.4, -0.2) is 17.5 Å². The number of likely N-dealkylation sites (N-methyl/N-ethyl adjacent to an activating group) is 1. The molecular formula is C32H34ClN2+. The van der Waals surface area contributed by atoms with Gasteiger partial charge < -0.3 is 4.90 Å². The highest BCUT2D eigenvalue weighted by atomic mass is 35.5. The summed E-state index contributed by atoms with van der Waals surface area (Å²) in [5.41, 5.74) is 6.19. The number of hydrogen-bond donors (Lipinski definition) is 0. The summed E-state index contributed by atoms with van der Waals surface area (Å²) >= 11 is 6.95. The quantitative estimate of drug-likeness (QED) is 0.398. The first kappa shape index (κ1) is 23.6. The monoisotopic (exact) mass is 481 g/mol. The fourth-order valence-electron chi connectivity index (χ4n) is 5.48. The van der Waals surface area contributed by atoms with E-state index in [-0.39, 0.29) is 0 Å². The number of halogens is 1. The van der Waals surface area contributed by atoms with Gasteiger partial charge >= 0.3 is 0 Å². The van der Waals surface area contributed by atoms with E-state index in [1.165, 1.54) is 33.4 Å². The molecule has 35 heavy (non-hydrogen) atoms. The van der Waals surface area contributed by atoms with Crippen molar-refractivity contribution < 1.29 is 4.57 Å². The fraction of sp³-hybridized carbons (Fsp3) is 0.281. The number of para-hydroxylation sites is 1. The second-order valence-corrected chi connectivity index (χ2v) is 9.73. The van der Waals surface area contributed by atoms with E-state index in [2.05, 4.69) is 120 Å². The highest BCUT2D eigenvalue weighted by Crippen LogP contribution is 2.34. The van der Waals surface area contributed by atoms with Gasteiger partial charge in [0, 0.05) is 46.8 Å². The van der Waals surface area contributed by atoms with Crippen LogP contribution in [0.25, 0.3) is 17.0 Å². The molecule has 178 valence electrons. The molecule has 0 saturated heterocycles. The molecule has 3 aliphatic rings. The molecule has 3 heteroatoms. The topological polar surface area (TPSA) is 7.12 Å². The molecule has 2 aromatic rings. The van der Waals surface area contributed by atoms with Gasteiger partial charge in [-0.15, -0.1) is 0 Å². The number of aromatic nitrogens is 1. The van der Waals surface area contributed by atoms with Crippen LogP contribution in [0.5, 0.6) is 0 Å². The van der Waals surface area contributed by atoms with Gasteiger partial charge in [-0.1, -0.05) is 66.3 Å². The molecule has 2 nitrogen and oxygen atoms in total. The second-order valence-electron chi connectivity index (χ2n) is 9.35. The fourth-order valence-corrected chi connectivity index (χ4v) is 5.80. The largest absolute Gasteiger partial charge is 0.364 e. The van der Waals surface area contributed by atoms with E-state index in [1.807, 2.05) is 0 Å². The molecule has 2 atom stereocenters. The first-order valence-electron chi connectivity index (χ1n) is 12.9. The van der Waals surface area contributed by atoms with E-state index in [0.717, 1.165) is 37.4 Å². The first-order chi connectivity index (χ1) is 17.2. The molecule has 0 radical (unpaired) electrons. The molecule has 2 unspecified atom stereocenters. The Morgan fingerprint density at radius 1 is 0.971 bits per heavy atom. The lowest BCUT2D eigenvalue weighted by Gasteiger charge is -2.39. The summed E-state index contributed by atoms with van der Waals surface area (Å²) < 4.78 is 2.36. The molecule has 1 aromatic carbocycles. The lowest BCUT2D eigenvalue weighted by molar-refractivity contribution is -0.669. The highest BCUT2D eigenvalue weighted by Gasteiger charge is 2.26. The van der Waals surface area contributed by atoms with Crippen LogP contribution >= 0.6 is 11.6 Å². The van der Waals surface area contributed by atoms with Gasteiger partial charge in [0.15, 0.2) is 0 Å². The van der Waals surface area contributed by atoms with Crippen molar-refractivity contribution in [3.63, 3.8) is 0 Å². The van der Waals surface area contributed by atoms with Gasteiger partial charge in [0.1, 0.15) is 6.54 Å². The molecule has 1 aromatic heterocycles. The van der Waals surface area contributed by atoms with Crippen LogP contribution in [0, 0.1) is 5.92 Å². The molecule has 0 N–H and O–H groups in total. The van der Waals surface area contributed by atoms with Crippen molar-refractivity contribution in [3.8, 4) is 0 Å². The lowest BCUT2D eigenvalue weighted by Crippen LogP contribution is -2.40. The summed E-state index contributed by atoms with van der Waals surface area (Å²) in [7, 11) is 0. The van der Waals surface area contributed by atoms with Crippen LogP contribution in [0.15, 0.2) is 113 Å². The zero-order valence-corrected chi connectivity index (χ0v) is 21.5. The van der Waals surface area contributed by atoms with Gasteiger partial charge in [-0.25, -0.2) is 0 Å². The Labute approximate surface area is 214 Å². The Bertz CT molecular complexity index is 1320. The average Bonchev–Trinajstić information content (AvgIpc) is 2.91. The first-order valence-corrected chi connectivity index (χ1v) is 13.3. The van der Waals surface area contributed by atoms with Crippen molar-refractivity contribution in [2.75, 3.05) is 6.54 Å². The molecular weight excluding hydrogens is 448 g/mol. The van der Waals surface area contributed by atoms with Gasteiger partial charge in [-0.05, 0) is 68.5 Å². The molecule has 2 heterocycles. The van der Waals surface area contributed by atoms with Crippen molar-refractivity contribution in [2.45, 2.75) is 45.7 Å². The SMILES string of the molecule is CCN1/C(=C/C=C2\CCCC(/C=C/c3ccc4ccccc4[n+]3CC)=C2Cl)C=CC2C=CC=CC21. The third-order valence-corrected chi connectivity index (χ3v) is 7.81. The third kappa shape index (κ3) is 4.86. The van der Waals surface area contributed by atoms with Gasteiger partial charge in [-0.2, -0.15) is 4.57 Å². The van der Waals surface area contributed by atoms with Gasteiger partial charge in [0.25, 0.3) is 0 Å². The lowest BCUT2D eigenvalue weighted by atomic mass is 9.89. The van der Waals surface area contributed by atoms with Crippen LogP contribution in [0.3, 0.4) is 0 Å². The van der Waals surface area contributed by atoms with Crippen LogP contribution < -0.4 is 4.57 Å². The predicted octanol–water partition coefficient (Wildman–Crippen LogP) is 7.65. The van der Waals surface area contributed by atoms with Crippen molar-refractivity contribution in [2.24, 2.45) is 5.92 Å². The maximum atomic E-state index is 6.95. The van der Waals surface area contributed by atoms with E-state index in [1.54, 1.807) is 0 Å². The number of aryl methyl sites for hydroxylation is 1. The van der Waals surface area contributed by atoms with Crippen molar-refractivity contribution >= 4 is 28.6 Å². The van der Waals surface area contributed by atoms with Gasteiger partial charge in [-0.3, -0.25) is 0 Å². The Balaban J connectivity index is 1.42. The summed E-state index contributed by atoms with van der Waals surface area (Å²) in [6.07, 6.45) is 25.6. The zero-order valence-electron chi connectivity index (χ0n) is 20.7. The minimum atomic E-state index is 0.405. The molecule has 0 bridgehead atoms. The van der Waals surface area contributed by atoms with Crippen LogP contribution in [0.1, 0.15) is 38.8 Å². The number of pyridine rings is 1. The summed E-state index contributed by atoms with van der Waals surface area (Å²) in [5.74, 6) is 0.459. The van der Waals surface area contributed by atoms with Crippen LogP contribution in [0.2, 0.25) is 0 Å². The molecule has 0 spiro atoms. The molecule has 2 aliphatic carbocycles. The Kier molecular flexibility index (Phi) is 7.20. The predicted molar refractivity (Wildman–Crippen MR) is 149 cm³/mol. The summed E-state index contributed by atoms with van der Waals surface area (Å²) in [6.45, 7) is 6.35. The van der Waals surface area contributed by atoms with Gasteiger partial charge in [0.2, 0.25) is 11.2 Å². The molecule has 0 saturated carbocycles. The number of rotatable bonds is 5. The summed E-state index contributed by atoms with van der Waals surface area (Å²) in [6, 6.07) is 13.4. The van der Waals surface area contributed by atoms with E-state index in [0.29, 0.717) is 12.0 Å². The molecule has 0 fully saturated rings. The standard InChI is InChI=1S/C32H34ClN2/c1-3-34-28(20-16-24-10-5-7-14-30(24)34)22-18-26-12-9-13-27(32(26)33)19-23-29-21-17-25-11-6-8-15-31(25)35(29)4-2/h5-8,10-11,14-24,30H,3-4,9,12-13H2,1-2H3/q+1. The van der Waals surface area contributed by atoms with Crippen LogP contribution in [-0.2, 0) is 6.54 Å². The normalized spacial score (nSPS) is 24.4. The van der Waals surface area contributed by atoms with Crippen molar-refractivity contribution in [1.29, 1.82) is 0 Å². The van der Waals surface area contributed by atoms with E-state index in [4.69, 9.17) is 11.6 Å². The minimum Gasteiger partial charge on any atom is -0.364 e. The third-order valence-electron chi connectivity index (χ3n) is 7.32. The Morgan fingerprint density at radius 2 is 1.83 bits per heavy atom. The van der Waals surface area contributed by atoms with Gasteiger partial charge in [0.05, 0.1) is 6.04 Å².